The van der Waals surface area contributed by atoms with E-state index in [1.807, 2.05) is 31.2 Å². The molecule has 2 aromatic carbocycles. The van der Waals surface area contributed by atoms with Crippen LogP contribution in [0.2, 0.25) is 0 Å². The molecule has 0 bridgehead atoms. The molecule has 1 heterocycles. The van der Waals surface area contributed by atoms with Gasteiger partial charge < -0.3 is 14.6 Å². The van der Waals surface area contributed by atoms with Crippen molar-refractivity contribution < 1.29 is 24.2 Å². The maximum atomic E-state index is 13.4. The predicted molar refractivity (Wildman–Crippen MR) is 120 cm³/mol. The zero-order chi connectivity index (χ0) is 22.7. The van der Waals surface area contributed by atoms with Gasteiger partial charge in [-0.25, -0.2) is 4.79 Å². The zero-order valence-electron chi connectivity index (χ0n) is 18.4. The van der Waals surface area contributed by atoms with Gasteiger partial charge in [-0.15, -0.1) is 0 Å². The first-order valence-electron chi connectivity index (χ1n) is 10.2. The van der Waals surface area contributed by atoms with Crippen LogP contribution in [0, 0.1) is 0 Å². The molecule has 0 fully saturated rings. The lowest BCUT2D eigenvalue weighted by atomic mass is 10.0. The number of nitrogens with zero attached hydrogens (tertiary/aromatic N) is 1. The first-order chi connectivity index (χ1) is 14.8. The molecule has 6 heteroatoms. The van der Waals surface area contributed by atoms with Crippen molar-refractivity contribution in [3.05, 3.63) is 70.4 Å². The average molecular weight is 421 g/mol. The number of para-hydroxylation sites is 1. The molecule has 1 amide bonds. The van der Waals surface area contributed by atoms with Gasteiger partial charge in [-0.3, -0.25) is 9.69 Å². The third kappa shape index (κ3) is 4.19. The number of aromatic hydroxyl groups is 1. The number of benzene rings is 2. The minimum atomic E-state index is -0.612. The Hall–Kier alpha value is -3.54. The summed E-state index contributed by atoms with van der Waals surface area (Å²) in [5, 5.41) is 10.6. The van der Waals surface area contributed by atoms with E-state index in [0.29, 0.717) is 35.2 Å². The normalized spacial score (nSPS) is 15.2. The fourth-order valence-corrected chi connectivity index (χ4v) is 3.58. The van der Waals surface area contributed by atoms with Crippen LogP contribution < -0.4 is 9.64 Å². The summed E-state index contributed by atoms with van der Waals surface area (Å²) in [6.07, 6.45) is 1.50. The van der Waals surface area contributed by atoms with Crippen LogP contribution in [0.3, 0.4) is 0 Å². The van der Waals surface area contributed by atoms with Crippen molar-refractivity contribution in [1.29, 1.82) is 0 Å². The van der Waals surface area contributed by atoms with Crippen molar-refractivity contribution >= 4 is 23.6 Å². The van der Waals surface area contributed by atoms with Gasteiger partial charge in [0, 0.05) is 16.9 Å². The van der Waals surface area contributed by atoms with E-state index in [1.54, 1.807) is 25.1 Å². The van der Waals surface area contributed by atoms with Crippen LogP contribution in [0.1, 0.15) is 44.7 Å². The Kier molecular flexibility index (Phi) is 6.49. The van der Waals surface area contributed by atoms with Gasteiger partial charge in [0.15, 0.2) is 11.5 Å². The standard InChI is InChI=1S/C25H27NO5/c1-6-31-21-9-7-8-18(23(21)27)14-20-22(25(29)30-5)16(4)26(24(20)28)19-12-10-17(11-13-19)15(2)3/h7-15,27H,6H2,1-5H3/b20-14-. The number of phenols is 1. The van der Waals surface area contributed by atoms with Gasteiger partial charge in [0.1, 0.15) is 0 Å². The molecule has 0 spiro atoms. The minimum absolute atomic E-state index is 0.0914. The van der Waals surface area contributed by atoms with Crippen molar-refractivity contribution in [3.63, 3.8) is 0 Å². The van der Waals surface area contributed by atoms with Gasteiger partial charge in [0.2, 0.25) is 0 Å². The monoisotopic (exact) mass is 421 g/mol. The number of ether oxygens (including phenoxy) is 2. The fraction of sp³-hybridized carbons (Fsp3) is 0.280. The van der Waals surface area contributed by atoms with Crippen molar-refractivity contribution in [2.75, 3.05) is 18.6 Å². The number of carbonyl (C=O) groups excluding carboxylic acids is 2. The maximum absolute atomic E-state index is 13.4. The third-order valence-electron chi connectivity index (χ3n) is 5.24. The second kappa shape index (κ2) is 9.08. The van der Waals surface area contributed by atoms with E-state index in [2.05, 4.69) is 13.8 Å². The summed E-state index contributed by atoms with van der Waals surface area (Å²) in [7, 11) is 1.28. The fourth-order valence-electron chi connectivity index (χ4n) is 3.58. The first-order valence-corrected chi connectivity index (χ1v) is 10.2. The topological polar surface area (TPSA) is 76.1 Å². The Bertz CT molecular complexity index is 1060. The Balaban J connectivity index is 2.11. The van der Waals surface area contributed by atoms with Crippen LogP contribution in [-0.4, -0.2) is 30.7 Å². The second-order valence-corrected chi connectivity index (χ2v) is 7.52. The van der Waals surface area contributed by atoms with Crippen molar-refractivity contribution in [2.45, 2.75) is 33.6 Å². The lowest BCUT2D eigenvalue weighted by molar-refractivity contribution is -0.136. The van der Waals surface area contributed by atoms with Gasteiger partial charge in [-0.2, -0.15) is 0 Å². The SMILES string of the molecule is CCOc1cccc(/C=C2\C(=O)N(c3ccc(C(C)C)cc3)C(C)=C2C(=O)OC)c1O. The quantitative estimate of drug-likeness (QED) is 0.536. The minimum Gasteiger partial charge on any atom is -0.504 e. The molecule has 162 valence electrons. The largest absolute Gasteiger partial charge is 0.504 e. The molecule has 6 nitrogen and oxygen atoms in total. The molecule has 0 saturated heterocycles. The third-order valence-corrected chi connectivity index (χ3v) is 5.24. The molecule has 0 aromatic heterocycles. The number of amides is 1. The highest BCUT2D eigenvalue weighted by Crippen LogP contribution is 2.38. The van der Waals surface area contributed by atoms with Gasteiger partial charge in [0.25, 0.3) is 5.91 Å². The summed E-state index contributed by atoms with van der Waals surface area (Å²) >= 11 is 0. The lowest BCUT2D eigenvalue weighted by Crippen LogP contribution is -2.24. The number of esters is 1. The molecule has 0 saturated carbocycles. The highest BCUT2D eigenvalue weighted by molar-refractivity contribution is 6.23. The Labute approximate surface area is 182 Å². The second-order valence-electron chi connectivity index (χ2n) is 7.52. The molecule has 0 unspecified atom stereocenters. The number of anilines is 1. The average Bonchev–Trinajstić information content (AvgIpc) is 3.00. The highest BCUT2D eigenvalue weighted by atomic mass is 16.5. The smallest absolute Gasteiger partial charge is 0.340 e. The number of carbonyl (C=O) groups is 2. The Morgan fingerprint density at radius 2 is 1.84 bits per heavy atom. The van der Waals surface area contributed by atoms with Crippen LogP contribution in [-0.2, 0) is 14.3 Å². The summed E-state index contributed by atoms with van der Waals surface area (Å²) in [4.78, 5) is 27.4. The molecular formula is C25H27NO5. The molecule has 31 heavy (non-hydrogen) atoms. The number of hydrogen-bond acceptors (Lipinski definition) is 5. The predicted octanol–water partition coefficient (Wildman–Crippen LogP) is 4.79. The number of allylic oxidation sites excluding steroid dienone is 1. The molecule has 1 aliphatic heterocycles. The Morgan fingerprint density at radius 3 is 2.42 bits per heavy atom. The Morgan fingerprint density at radius 1 is 1.16 bits per heavy atom. The summed E-state index contributed by atoms with van der Waals surface area (Å²) in [6, 6.07) is 12.7. The summed E-state index contributed by atoms with van der Waals surface area (Å²) < 4.78 is 10.4. The molecule has 1 N–H and O–H groups in total. The molecule has 0 radical (unpaired) electrons. The van der Waals surface area contributed by atoms with Crippen LogP contribution >= 0.6 is 0 Å². The van der Waals surface area contributed by atoms with E-state index in [1.165, 1.54) is 18.1 Å². The molecule has 3 rings (SSSR count). The van der Waals surface area contributed by atoms with Crippen molar-refractivity contribution in [3.8, 4) is 11.5 Å². The number of methoxy groups -OCH3 is 1. The molecule has 1 aliphatic rings. The van der Waals surface area contributed by atoms with E-state index in [4.69, 9.17) is 9.47 Å². The highest BCUT2D eigenvalue weighted by Gasteiger charge is 2.38. The molecule has 0 aliphatic carbocycles. The van der Waals surface area contributed by atoms with E-state index in [0.717, 1.165) is 5.56 Å². The molecule has 2 aromatic rings. The van der Waals surface area contributed by atoms with E-state index in [9.17, 15) is 14.7 Å². The number of hydrogen-bond donors (Lipinski definition) is 1. The van der Waals surface area contributed by atoms with Gasteiger partial charge >= 0.3 is 5.97 Å². The molecule has 0 atom stereocenters. The molecular weight excluding hydrogens is 394 g/mol. The van der Waals surface area contributed by atoms with E-state index in [-0.39, 0.29) is 22.8 Å². The van der Waals surface area contributed by atoms with Crippen molar-refractivity contribution in [2.24, 2.45) is 0 Å². The van der Waals surface area contributed by atoms with E-state index < -0.39 is 5.97 Å². The summed E-state index contributed by atoms with van der Waals surface area (Å²) in [5.41, 5.74) is 2.98. The van der Waals surface area contributed by atoms with E-state index >= 15 is 0 Å². The number of phenolic OH excluding ortho intramolecular Hbond substituents is 1. The van der Waals surface area contributed by atoms with Gasteiger partial charge in [-0.05, 0) is 49.6 Å². The zero-order valence-corrected chi connectivity index (χ0v) is 18.4. The van der Waals surface area contributed by atoms with Crippen LogP contribution in [0.15, 0.2) is 59.3 Å². The lowest BCUT2D eigenvalue weighted by Gasteiger charge is -2.19. The summed E-state index contributed by atoms with van der Waals surface area (Å²) in [5.74, 6) is -0.396. The summed E-state index contributed by atoms with van der Waals surface area (Å²) in [6.45, 7) is 8.10. The van der Waals surface area contributed by atoms with Gasteiger partial charge in [-0.1, -0.05) is 38.1 Å². The van der Waals surface area contributed by atoms with Crippen LogP contribution in [0.25, 0.3) is 6.08 Å². The van der Waals surface area contributed by atoms with Crippen LogP contribution in [0.5, 0.6) is 11.5 Å². The van der Waals surface area contributed by atoms with Crippen LogP contribution in [0.4, 0.5) is 5.69 Å². The number of rotatable bonds is 6. The first kappa shape index (κ1) is 22.2. The van der Waals surface area contributed by atoms with Crippen molar-refractivity contribution in [1.82, 2.24) is 0 Å². The van der Waals surface area contributed by atoms with Gasteiger partial charge in [0.05, 0.1) is 24.9 Å². The maximum Gasteiger partial charge on any atom is 0.340 e.